The molecule has 1 amide bonds. The maximum absolute atomic E-state index is 13.5. The molecule has 2 aromatic rings. The van der Waals surface area contributed by atoms with Gasteiger partial charge in [0.2, 0.25) is 0 Å². The van der Waals surface area contributed by atoms with Crippen LogP contribution in [0.25, 0.3) is 0 Å². The van der Waals surface area contributed by atoms with Crippen molar-refractivity contribution in [3.63, 3.8) is 0 Å². The van der Waals surface area contributed by atoms with Gasteiger partial charge in [-0.05, 0) is 48.6 Å². The molecule has 8 heteroatoms. The van der Waals surface area contributed by atoms with E-state index in [1.165, 1.54) is 12.1 Å². The summed E-state index contributed by atoms with van der Waals surface area (Å²) in [6, 6.07) is 13.3. The van der Waals surface area contributed by atoms with Gasteiger partial charge in [-0.1, -0.05) is 30.3 Å². The third kappa shape index (κ3) is 5.60. The van der Waals surface area contributed by atoms with Gasteiger partial charge in [0, 0.05) is 24.7 Å². The molecule has 0 aliphatic carbocycles. The molecule has 0 spiro atoms. The maximum atomic E-state index is 13.5. The quantitative estimate of drug-likeness (QED) is 0.309. The van der Waals surface area contributed by atoms with Crippen molar-refractivity contribution >= 4 is 11.6 Å². The minimum atomic E-state index is -0.807. The second kappa shape index (κ2) is 9.76. The predicted octanol–water partition coefficient (Wildman–Crippen LogP) is 1.98. The van der Waals surface area contributed by atoms with E-state index < -0.39 is 5.91 Å². The third-order valence-electron chi connectivity index (χ3n) is 5.20. The minimum Gasteiger partial charge on any atom is -0.385 e. The van der Waals surface area contributed by atoms with E-state index in [9.17, 15) is 9.18 Å². The number of halogens is 1. The molecule has 0 radical (unpaired) electrons. The highest BCUT2D eigenvalue weighted by atomic mass is 19.1. The first-order chi connectivity index (χ1) is 14.9. The van der Waals surface area contributed by atoms with Gasteiger partial charge in [-0.15, -0.1) is 0 Å². The summed E-state index contributed by atoms with van der Waals surface area (Å²) in [6.07, 6.45) is 4.21. The molecule has 1 saturated heterocycles. The Morgan fingerprint density at radius 1 is 1.23 bits per heavy atom. The number of hydrogen-bond acceptors (Lipinski definition) is 6. The van der Waals surface area contributed by atoms with Crippen molar-refractivity contribution in [1.82, 2.24) is 10.2 Å². The number of likely N-dealkylation sites (tertiary alicyclic amines) is 1. The Bertz CT molecular complexity index is 1060. The van der Waals surface area contributed by atoms with E-state index >= 15 is 0 Å². The number of nitriles is 1. The summed E-state index contributed by atoms with van der Waals surface area (Å²) >= 11 is 0. The molecular formula is C23H25FN6O. The molecule has 1 aliphatic heterocycles. The summed E-state index contributed by atoms with van der Waals surface area (Å²) in [7, 11) is 0. The Hall–Kier alpha value is -3.86. The largest absolute Gasteiger partial charge is 0.385 e. The van der Waals surface area contributed by atoms with Crippen LogP contribution in [0.1, 0.15) is 29.5 Å². The zero-order valence-corrected chi connectivity index (χ0v) is 17.1. The Kier molecular flexibility index (Phi) is 6.88. The lowest BCUT2D eigenvalue weighted by Crippen LogP contribution is -2.46. The van der Waals surface area contributed by atoms with E-state index in [1.807, 2.05) is 12.1 Å². The van der Waals surface area contributed by atoms with Crippen molar-refractivity contribution in [3.8, 4) is 6.19 Å². The molecule has 31 heavy (non-hydrogen) atoms. The maximum Gasteiger partial charge on any atom is 0.254 e. The van der Waals surface area contributed by atoms with Crippen LogP contribution in [0, 0.1) is 22.7 Å². The van der Waals surface area contributed by atoms with Crippen molar-refractivity contribution in [1.29, 1.82) is 10.7 Å². The topological polar surface area (TPSA) is 132 Å². The number of amides is 1. The third-order valence-corrected chi connectivity index (χ3v) is 5.20. The van der Waals surface area contributed by atoms with Crippen molar-refractivity contribution < 1.29 is 9.18 Å². The minimum absolute atomic E-state index is 0.0258. The molecule has 0 saturated carbocycles. The molecule has 0 bridgehead atoms. The molecule has 1 atom stereocenters. The molecule has 160 valence electrons. The van der Waals surface area contributed by atoms with E-state index in [2.05, 4.69) is 11.5 Å². The van der Waals surface area contributed by atoms with Gasteiger partial charge in [0.15, 0.2) is 6.19 Å². The fourth-order valence-electron chi connectivity index (χ4n) is 3.73. The lowest BCUT2D eigenvalue weighted by molar-refractivity contribution is -0.114. The molecule has 3 rings (SSSR count). The van der Waals surface area contributed by atoms with Crippen molar-refractivity contribution in [2.75, 3.05) is 13.1 Å². The summed E-state index contributed by atoms with van der Waals surface area (Å²) in [4.78, 5) is 13.8. The Balaban J connectivity index is 1.82. The smallest absolute Gasteiger partial charge is 0.254 e. The summed E-state index contributed by atoms with van der Waals surface area (Å²) < 4.78 is 13.5. The highest BCUT2D eigenvalue weighted by molar-refractivity contribution is 6.26. The first-order valence-electron chi connectivity index (χ1n) is 10.0. The number of nitrogens with zero attached hydrogens (tertiary/aromatic N) is 2. The summed E-state index contributed by atoms with van der Waals surface area (Å²) in [5.74, 6) is -1.09. The van der Waals surface area contributed by atoms with Crippen LogP contribution in [0.5, 0.6) is 0 Å². The number of rotatable bonds is 7. The number of nitrogens with two attached hydrogens (primary N) is 2. The number of carbonyl (C=O) groups is 1. The van der Waals surface area contributed by atoms with Crippen LogP contribution in [0.4, 0.5) is 4.39 Å². The van der Waals surface area contributed by atoms with Gasteiger partial charge >= 0.3 is 0 Å². The molecular weight excluding hydrogens is 395 g/mol. The van der Waals surface area contributed by atoms with Crippen LogP contribution in [-0.4, -0.2) is 35.7 Å². The van der Waals surface area contributed by atoms with Crippen LogP contribution in [0.3, 0.4) is 0 Å². The van der Waals surface area contributed by atoms with Crippen molar-refractivity contribution in [3.05, 3.63) is 82.4 Å². The lowest BCUT2D eigenvalue weighted by atomic mass is 9.97. The summed E-state index contributed by atoms with van der Waals surface area (Å²) in [5, 5.41) is 20.7. The average molecular weight is 420 g/mol. The van der Waals surface area contributed by atoms with Crippen molar-refractivity contribution in [2.24, 2.45) is 11.5 Å². The predicted molar refractivity (Wildman–Crippen MR) is 116 cm³/mol. The van der Waals surface area contributed by atoms with Gasteiger partial charge in [0.05, 0.1) is 5.71 Å². The highest BCUT2D eigenvalue weighted by Crippen LogP contribution is 2.17. The second-order valence-electron chi connectivity index (χ2n) is 7.56. The molecule has 7 nitrogen and oxygen atoms in total. The van der Waals surface area contributed by atoms with E-state index in [-0.39, 0.29) is 29.0 Å². The van der Waals surface area contributed by atoms with Gasteiger partial charge in [-0.2, -0.15) is 5.26 Å². The number of carbonyl (C=O) groups excluding carboxylic acids is 1. The number of benzene rings is 2. The summed E-state index contributed by atoms with van der Waals surface area (Å²) in [5.41, 5.74) is 13.6. The van der Waals surface area contributed by atoms with E-state index in [0.717, 1.165) is 24.0 Å². The van der Waals surface area contributed by atoms with Crippen LogP contribution in [0.2, 0.25) is 0 Å². The summed E-state index contributed by atoms with van der Waals surface area (Å²) in [6.45, 7) is 1.16. The molecule has 2 aromatic carbocycles. The molecule has 0 aromatic heterocycles. The van der Waals surface area contributed by atoms with Crippen LogP contribution in [-0.2, 0) is 11.2 Å². The molecule has 1 aliphatic rings. The number of piperidine rings is 1. The zero-order chi connectivity index (χ0) is 22.4. The normalized spacial score (nSPS) is 16.8. The first-order valence-corrected chi connectivity index (χ1v) is 10.0. The van der Waals surface area contributed by atoms with Gasteiger partial charge in [-0.3, -0.25) is 10.2 Å². The van der Waals surface area contributed by atoms with Crippen LogP contribution < -0.4 is 16.8 Å². The highest BCUT2D eigenvalue weighted by Gasteiger charge is 2.23. The number of nitrogens with one attached hydrogen (secondary N) is 2. The second-order valence-corrected chi connectivity index (χ2v) is 7.56. The zero-order valence-electron chi connectivity index (χ0n) is 17.1. The number of primary amides is 1. The lowest BCUT2D eigenvalue weighted by Gasteiger charge is -2.30. The Morgan fingerprint density at radius 2 is 1.94 bits per heavy atom. The molecule has 1 unspecified atom stereocenters. The van der Waals surface area contributed by atoms with E-state index in [0.29, 0.717) is 25.1 Å². The van der Waals surface area contributed by atoms with Crippen molar-refractivity contribution in [2.45, 2.75) is 25.3 Å². The van der Waals surface area contributed by atoms with Gasteiger partial charge in [-0.25, -0.2) is 4.39 Å². The Morgan fingerprint density at radius 3 is 2.61 bits per heavy atom. The van der Waals surface area contributed by atoms with Gasteiger partial charge in [0.1, 0.15) is 17.2 Å². The van der Waals surface area contributed by atoms with Gasteiger partial charge < -0.3 is 21.7 Å². The molecule has 1 fully saturated rings. The van der Waals surface area contributed by atoms with E-state index in [1.54, 1.807) is 29.2 Å². The average Bonchev–Trinajstić information content (AvgIpc) is 2.74. The Labute approximate surface area is 180 Å². The standard InChI is InChI=1S/C23H25FN6O/c24-18-7-2-5-16(12-18)10-15-4-1-6-17(11-15)21(26)20(23(28)31)22(27)29-19-8-3-9-30(13-19)14-25/h1-2,4-7,11-12,19,26,29H,3,8-10,13,27H2,(H2,28,31)/b22-20+,26-21?. The fraction of sp³-hybridized carbons (Fsp3) is 0.261. The van der Waals surface area contributed by atoms with E-state index in [4.69, 9.17) is 22.1 Å². The first kappa shape index (κ1) is 21.8. The molecule has 6 N–H and O–H groups in total. The SMILES string of the molecule is N#CN1CCCC(N/C(N)=C(\C(=N)c2cccc(Cc3cccc(F)c3)c2)C(N)=O)C1. The monoisotopic (exact) mass is 420 g/mol. The van der Waals surface area contributed by atoms with Crippen LogP contribution >= 0.6 is 0 Å². The molecule has 1 heterocycles. The fourth-order valence-corrected chi connectivity index (χ4v) is 3.73. The number of hydrogen-bond donors (Lipinski definition) is 4. The van der Waals surface area contributed by atoms with Crippen LogP contribution in [0.15, 0.2) is 59.9 Å². The van der Waals surface area contributed by atoms with Gasteiger partial charge in [0.25, 0.3) is 5.91 Å².